The molecule has 1 amide bonds. The van der Waals surface area contributed by atoms with Crippen LogP contribution in [-0.2, 0) is 22.5 Å². The summed E-state index contributed by atoms with van der Waals surface area (Å²) in [6.45, 7) is 3.99. The molecule has 0 aromatic carbocycles. The Hall–Kier alpha value is -1.60. The molecule has 2 atom stereocenters. The Morgan fingerprint density at radius 1 is 1.48 bits per heavy atom. The molecule has 1 N–H and O–H groups in total. The van der Waals surface area contributed by atoms with Gasteiger partial charge in [-0.3, -0.25) is 4.79 Å². The minimum absolute atomic E-state index is 0.143. The molecule has 124 valence electrons. The number of amides is 1. The number of rotatable bonds is 1. The van der Waals surface area contributed by atoms with E-state index in [0.29, 0.717) is 32.7 Å². The lowest BCUT2D eigenvalue weighted by Gasteiger charge is -2.44. The molecule has 4 rings (SSSR count). The van der Waals surface area contributed by atoms with Crippen LogP contribution in [0.2, 0.25) is 0 Å². The maximum Gasteiger partial charge on any atom is 0.236 e. The van der Waals surface area contributed by atoms with Gasteiger partial charge in [0, 0.05) is 57.4 Å². The molecule has 0 bridgehead atoms. The highest BCUT2D eigenvalue weighted by molar-refractivity contribution is 5.85. The first kappa shape index (κ1) is 15.0. The summed E-state index contributed by atoms with van der Waals surface area (Å²) in [6.07, 6.45) is 2.74. The number of aryl methyl sites for hydroxylation is 1. The Labute approximate surface area is 134 Å². The molecule has 0 saturated carbocycles. The van der Waals surface area contributed by atoms with Gasteiger partial charge in [0.05, 0.1) is 12.3 Å². The number of hydrogen-bond acceptors (Lipinski definition) is 5. The number of hydrogen-bond donors (Lipinski definition) is 1. The zero-order chi connectivity index (χ0) is 16.1. The minimum Gasteiger partial charge on any atom is -0.380 e. The Balaban J connectivity index is 1.61. The lowest BCUT2D eigenvalue weighted by atomic mass is 9.71. The number of carbonyl (C=O) groups is 1. The smallest absolute Gasteiger partial charge is 0.236 e. The predicted octanol–water partition coefficient (Wildman–Crippen LogP) is 0.388. The lowest BCUT2D eigenvalue weighted by molar-refractivity contribution is -0.166. The molecule has 0 spiro atoms. The average Bonchev–Trinajstić information content (AvgIpc) is 2.91. The van der Waals surface area contributed by atoms with Crippen molar-refractivity contribution in [1.82, 2.24) is 20.2 Å². The minimum atomic E-state index is -1.51. The van der Waals surface area contributed by atoms with Gasteiger partial charge >= 0.3 is 0 Å². The lowest BCUT2D eigenvalue weighted by Crippen LogP contribution is -2.60. The van der Waals surface area contributed by atoms with Gasteiger partial charge in [0.2, 0.25) is 5.91 Å². The molecule has 2 saturated heterocycles. The van der Waals surface area contributed by atoms with Crippen molar-refractivity contribution in [3.05, 3.63) is 23.3 Å². The second kappa shape index (κ2) is 5.21. The van der Waals surface area contributed by atoms with Gasteiger partial charge in [-0.15, -0.1) is 0 Å². The summed E-state index contributed by atoms with van der Waals surface area (Å²) >= 11 is 0. The van der Waals surface area contributed by atoms with E-state index in [2.05, 4.69) is 15.3 Å². The number of nitrogens with zero attached hydrogens (tertiary/aromatic N) is 3. The monoisotopic (exact) mass is 320 g/mol. The molecular weight excluding hydrogens is 299 g/mol. The fourth-order valence-electron chi connectivity index (χ4n) is 4.01. The number of alkyl halides is 1. The van der Waals surface area contributed by atoms with Gasteiger partial charge in [0.15, 0.2) is 0 Å². The van der Waals surface area contributed by atoms with E-state index in [1.807, 2.05) is 6.92 Å². The number of aromatic nitrogens is 2. The Morgan fingerprint density at radius 2 is 2.35 bits per heavy atom. The zero-order valence-corrected chi connectivity index (χ0v) is 13.3. The van der Waals surface area contributed by atoms with Crippen LogP contribution in [0, 0.1) is 12.3 Å². The van der Waals surface area contributed by atoms with Crippen molar-refractivity contribution in [3.63, 3.8) is 0 Å². The molecule has 7 heteroatoms. The number of carbonyl (C=O) groups excluding carboxylic acids is 1. The molecule has 4 heterocycles. The highest BCUT2D eigenvalue weighted by Crippen LogP contribution is 2.46. The van der Waals surface area contributed by atoms with Gasteiger partial charge in [0.25, 0.3) is 0 Å². The molecular formula is C16H21FN4O2. The summed E-state index contributed by atoms with van der Waals surface area (Å²) in [4.78, 5) is 23.6. The zero-order valence-electron chi connectivity index (χ0n) is 13.3. The molecule has 23 heavy (non-hydrogen) atoms. The summed E-state index contributed by atoms with van der Waals surface area (Å²) < 4.78 is 20.8. The first-order chi connectivity index (χ1) is 11.0. The van der Waals surface area contributed by atoms with E-state index < -0.39 is 11.1 Å². The number of halogens is 1. The Kier molecular flexibility index (Phi) is 3.39. The van der Waals surface area contributed by atoms with Crippen molar-refractivity contribution in [1.29, 1.82) is 0 Å². The van der Waals surface area contributed by atoms with Crippen molar-refractivity contribution in [2.45, 2.75) is 32.0 Å². The standard InChI is InChI=1S/C16H21FN4O2/c1-11-19-6-12-7-21(4-2-13(12)20-11)14(22)15-8-18-9-16(15,17)3-5-23-10-15/h6,18H,2-5,7-10H2,1H3/t15-,16+/m1/s1. The van der Waals surface area contributed by atoms with E-state index in [9.17, 15) is 4.79 Å². The van der Waals surface area contributed by atoms with Crippen molar-refractivity contribution in [3.8, 4) is 0 Å². The maximum atomic E-state index is 15.4. The second-order valence-corrected chi connectivity index (χ2v) is 6.82. The number of ether oxygens (including phenoxy) is 1. The molecule has 1 aromatic rings. The third kappa shape index (κ3) is 2.17. The molecule has 2 fully saturated rings. The first-order valence-electron chi connectivity index (χ1n) is 8.12. The van der Waals surface area contributed by atoms with Crippen molar-refractivity contribution < 1.29 is 13.9 Å². The molecule has 0 aliphatic carbocycles. The van der Waals surface area contributed by atoms with Crippen LogP contribution in [0.3, 0.4) is 0 Å². The summed E-state index contributed by atoms with van der Waals surface area (Å²) in [5.41, 5.74) is -0.644. The summed E-state index contributed by atoms with van der Waals surface area (Å²) in [5, 5.41) is 3.07. The van der Waals surface area contributed by atoms with Crippen LogP contribution in [0.4, 0.5) is 4.39 Å². The van der Waals surface area contributed by atoms with Crippen molar-refractivity contribution in [2.24, 2.45) is 5.41 Å². The van der Waals surface area contributed by atoms with Crippen LogP contribution in [-0.4, -0.2) is 59.3 Å². The van der Waals surface area contributed by atoms with Gasteiger partial charge in [-0.05, 0) is 6.92 Å². The SMILES string of the molecule is Cc1ncc2c(n1)CCN(C(=O)[C@]13CNC[C@@]1(F)CCOC3)C2. The van der Waals surface area contributed by atoms with Crippen molar-refractivity contribution in [2.75, 3.05) is 32.8 Å². The average molecular weight is 320 g/mol. The van der Waals surface area contributed by atoms with Crippen LogP contribution in [0.5, 0.6) is 0 Å². The largest absolute Gasteiger partial charge is 0.380 e. The van der Waals surface area contributed by atoms with Crippen LogP contribution in [0.25, 0.3) is 0 Å². The van der Waals surface area contributed by atoms with Gasteiger partial charge in [-0.1, -0.05) is 0 Å². The summed E-state index contributed by atoms with van der Waals surface area (Å²) in [5.74, 6) is 0.599. The molecule has 3 aliphatic rings. The highest BCUT2D eigenvalue weighted by atomic mass is 19.1. The quantitative estimate of drug-likeness (QED) is 0.811. The van der Waals surface area contributed by atoms with E-state index in [1.165, 1.54) is 0 Å². The van der Waals surface area contributed by atoms with Gasteiger partial charge in [-0.2, -0.15) is 0 Å². The fraction of sp³-hybridized carbons (Fsp3) is 0.688. The first-order valence-corrected chi connectivity index (χ1v) is 8.12. The van der Waals surface area contributed by atoms with Gasteiger partial charge < -0.3 is 15.0 Å². The van der Waals surface area contributed by atoms with E-state index in [-0.39, 0.29) is 25.5 Å². The highest BCUT2D eigenvalue weighted by Gasteiger charge is 2.63. The number of fused-ring (bicyclic) bond motifs is 2. The Bertz CT molecular complexity index is 655. The third-order valence-electron chi connectivity index (χ3n) is 5.43. The summed E-state index contributed by atoms with van der Waals surface area (Å²) in [6, 6.07) is 0. The third-order valence-corrected chi connectivity index (χ3v) is 5.43. The molecule has 0 unspecified atom stereocenters. The van der Waals surface area contributed by atoms with E-state index >= 15 is 4.39 Å². The Morgan fingerprint density at radius 3 is 3.22 bits per heavy atom. The van der Waals surface area contributed by atoms with Crippen LogP contribution < -0.4 is 5.32 Å². The van der Waals surface area contributed by atoms with E-state index in [1.54, 1.807) is 11.1 Å². The fourth-order valence-corrected chi connectivity index (χ4v) is 4.01. The van der Waals surface area contributed by atoms with Gasteiger partial charge in [0.1, 0.15) is 16.9 Å². The van der Waals surface area contributed by atoms with Crippen LogP contribution in [0.1, 0.15) is 23.5 Å². The second-order valence-electron chi connectivity index (χ2n) is 6.82. The van der Waals surface area contributed by atoms with Crippen molar-refractivity contribution >= 4 is 5.91 Å². The maximum absolute atomic E-state index is 15.4. The normalized spacial score (nSPS) is 33.2. The van der Waals surface area contributed by atoms with E-state index in [4.69, 9.17) is 4.74 Å². The molecule has 6 nitrogen and oxygen atoms in total. The van der Waals surface area contributed by atoms with E-state index in [0.717, 1.165) is 17.1 Å². The van der Waals surface area contributed by atoms with Gasteiger partial charge in [-0.25, -0.2) is 14.4 Å². The number of nitrogens with one attached hydrogen (secondary N) is 1. The van der Waals surface area contributed by atoms with Crippen LogP contribution in [0.15, 0.2) is 6.20 Å². The molecule has 0 radical (unpaired) electrons. The molecule has 1 aromatic heterocycles. The topological polar surface area (TPSA) is 67.4 Å². The molecule has 3 aliphatic heterocycles. The summed E-state index contributed by atoms with van der Waals surface area (Å²) in [7, 11) is 0. The predicted molar refractivity (Wildman–Crippen MR) is 80.5 cm³/mol. The van der Waals surface area contributed by atoms with Crippen LogP contribution >= 0.6 is 0 Å².